The summed E-state index contributed by atoms with van der Waals surface area (Å²) in [5, 5.41) is 9.16. The molecule has 0 saturated heterocycles. The van der Waals surface area contributed by atoms with Gasteiger partial charge in [-0.3, -0.25) is 10.3 Å². The Labute approximate surface area is 171 Å². The summed E-state index contributed by atoms with van der Waals surface area (Å²) >= 11 is 0. The fraction of sp³-hybridized carbons (Fsp3) is 0.364. The quantitative estimate of drug-likeness (QED) is 0.505. The van der Waals surface area contributed by atoms with Crippen LogP contribution in [-0.4, -0.2) is 31.2 Å². The number of hydrogen-bond acceptors (Lipinski definition) is 3. The van der Waals surface area contributed by atoms with Gasteiger partial charge in [0.05, 0.1) is 0 Å². The number of anilines is 1. The highest BCUT2D eigenvalue weighted by Crippen LogP contribution is 2.13. The Morgan fingerprint density at radius 3 is 2.21 bits per heavy atom. The van der Waals surface area contributed by atoms with E-state index in [-0.39, 0.29) is 5.82 Å². The zero-order valence-electron chi connectivity index (χ0n) is 17.4. The molecular formula is C22H29FN4O2. The van der Waals surface area contributed by atoms with E-state index in [1.54, 1.807) is 19.2 Å². The molecular weight excluding hydrogens is 371 g/mol. The molecule has 2 rings (SSSR count). The minimum Gasteiger partial charge on any atom is -0.444 e. The molecule has 0 aliphatic rings. The van der Waals surface area contributed by atoms with Crippen LogP contribution in [0.5, 0.6) is 0 Å². The lowest BCUT2D eigenvalue weighted by atomic mass is 10.1. The Kier molecular flexibility index (Phi) is 8.00. The molecule has 7 heteroatoms. The molecule has 6 nitrogen and oxygen atoms in total. The molecule has 0 spiro atoms. The second kappa shape index (κ2) is 10.5. The van der Waals surface area contributed by atoms with E-state index in [2.05, 4.69) is 20.9 Å². The normalized spacial score (nSPS) is 11.7. The van der Waals surface area contributed by atoms with Crippen molar-refractivity contribution in [3.63, 3.8) is 0 Å². The average molecular weight is 400 g/mol. The van der Waals surface area contributed by atoms with E-state index in [0.717, 1.165) is 17.5 Å². The predicted molar refractivity (Wildman–Crippen MR) is 115 cm³/mol. The number of aliphatic imine (C=N–C) groups is 1. The van der Waals surface area contributed by atoms with E-state index in [4.69, 9.17) is 4.74 Å². The van der Waals surface area contributed by atoms with Crippen LogP contribution in [-0.2, 0) is 17.7 Å². The van der Waals surface area contributed by atoms with Crippen molar-refractivity contribution in [3.05, 3.63) is 65.5 Å². The summed E-state index contributed by atoms with van der Waals surface area (Å²) in [5.74, 6) is 0.432. The number of guanidine groups is 1. The Bertz CT molecular complexity index is 812. The predicted octanol–water partition coefficient (Wildman–Crippen LogP) is 4.08. The number of amides is 1. The van der Waals surface area contributed by atoms with Gasteiger partial charge in [-0.05, 0) is 62.6 Å². The summed E-state index contributed by atoms with van der Waals surface area (Å²) in [4.78, 5) is 16.0. The lowest BCUT2D eigenvalue weighted by Gasteiger charge is -2.19. The van der Waals surface area contributed by atoms with Gasteiger partial charge in [0.2, 0.25) is 0 Å². The zero-order valence-corrected chi connectivity index (χ0v) is 17.4. The van der Waals surface area contributed by atoms with Gasteiger partial charge in [0, 0.05) is 25.8 Å². The van der Waals surface area contributed by atoms with Crippen molar-refractivity contribution in [2.45, 2.75) is 39.3 Å². The van der Waals surface area contributed by atoms with Gasteiger partial charge in [0.1, 0.15) is 11.4 Å². The van der Waals surface area contributed by atoms with Crippen LogP contribution < -0.4 is 16.0 Å². The molecule has 29 heavy (non-hydrogen) atoms. The van der Waals surface area contributed by atoms with Gasteiger partial charge in [-0.25, -0.2) is 9.18 Å². The first-order valence-corrected chi connectivity index (χ1v) is 9.53. The van der Waals surface area contributed by atoms with Crippen LogP contribution in [0.4, 0.5) is 14.9 Å². The molecule has 0 aromatic heterocycles. The van der Waals surface area contributed by atoms with Crippen LogP contribution in [0, 0.1) is 5.82 Å². The topological polar surface area (TPSA) is 74.8 Å². The highest BCUT2D eigenvalue weighted by molar-refractivity contribution is 5.84. The molecule has 0 aliphatic carbocycles. The molecule has 1 amide bonds. The molecule has 156 valence electrons. The van der Waals surface area contributed by atoms with Crippen molar-refractivity contribution in [1.82, 2.24) is 10.6 Å². The standard InChI is InChI=1S/C22H29FN4O2/c1-22(2,3)29-21(28)27-19-11-7-16(8-12-19)13-14-25-20(24-4)26-15-17-5-9-18(23)10-6-17/h5-12H,13-15H2,1-4H3,(H,27,28)(H2,24,25,26). The average Bonchev–Trinajstić information content (AvgIpc) is 2.65. The number of rotatable bonds is 6. The summed E-state index contributed by atoms with van der Waals surface area (Å²) in [7, 11) is 1.71. The molecule has 0 aliphatic heterocycles. The minimum absolute atomic E-state index is 0.247. The molecule has 0 unspecified atom stereocenters. The Morgan fingerprint density at radius 2 is 1.62 bits per heavy atom. The van der Waals surface area contributed by atoms with E-state index in [1.165, 1.54) is 12.1 Å². The fourth-order valence-corrected chi connectivity index (χ4v) is 2.51. The number of nitrogens with one attached hydrogen (secondary N) is 3. The third-order valence-corrected chi connectivity index (χ3v) is 3.90. The number of benzene rings is 2. The zero-order chi connectivity index (χ0) is 21.3. The lowest BCUT2D eigenvalue weighted by Crippen LogP contribution is -2.37. The van der Waals surface area contributed by atoms with Gasteiger partial charge in [0.25, 0.3) is 0 Å². The first-order valence-electron chi connectivity index (χ1n) is 9.53. The first kappa shape index (κ1) is 22.2. The van der Waals surface area contributed by atoms with Crippen LogP contribution >= 0.6 is 0 Å². The number of ether oxygens (including phenoxy) is 1. The largest absolute Gasteiger partial charge is 0.444 e. The van der Waals surface area contributed by atoms with Gasteiger partial charge >= 0.3 is 6.09 Å². The Morgan fingerprint density at radius 1 is 1.00 bits per heavy atom. The second-order valence-electron chi connectivity index (χ2n) is 7.55. The summed E-state index contributed by atoms with van der Waals surface area (Å²) in [5.41, 5.74) is 2.26. The molecule has 0 heterocycles. The van der Waals surface area contributed by atoms with E-state index >= 15 is 0 Å². The summed E-state index contributed by atoms with van der Waals surface area (Å²) in [6, 6.07) is 14.0. The summed E-state index contributed by atoms with van der Waals surface area (Å²) in [6.07, 6.45) is 0.326. The maximum atomic E-state index is 12.9. The van der Waals surface area contributed by atoms with Crippen molar-refractivity contribution in [3.8, 4) is 0 Å². The van der Waals surface area contributed by atoms with Crippen molar-refractivity contribution in [2.24, 2.45) is 4.99 Å². The Balaban J connectivity index is 1.74. The second-order valence-corrected chi connectivity index (χ2v) is 7.55. The monoisotopic (exact) mass is 400 g/mol. The van der Waals surface area contributed by atoms with E-state index in [0.29, 0.717) is 24.7 Å². The van der Waals surface area contributed by atoms with E-state index in [1.807, 2.05) is 45.0 Å². The summed E-state index contributed by atoms with van der Waals surface area (Å²) < 4.78 is 18.2. The van der Waals surface area contributed by atoms with Crippen LogP contribution in [0.15, 0.2) is 53.5 Å². The number of carbonyl (C=O) groups is 1. The fourth-order valence-electron chi connectivity index (χ4n) is 2.51. The molecule has 2 aromatic carbocycles. The third-order valence-electron chi connectivity index (χ3n) is 3.90. The van der Waals surface area contributed by atoms with Gasteiger partial charge in [-0.15, -0.1) is 0 Å². The van der Waals surface area contributed by atoms with E-state index in [9.17, 15) is 9.18 Å². The van der Waals surface area contributed by atoms with Gasteiger partial charge in [-0.1, -0.05) is 24.3 Å². The van der Waals surface area contributed by atoms with Crippen LogP contribution in [0.25, 0.3) is 0 Å². The molecule has 0 atom stereocenters. The highest BCUT2D eigenvalue weighted by Gasteiger charge is 2.16. The summed E-state index contributed by atoms with van der Waals surface area (Å²) in [6.45, 7) is 6.73. The Hall–Kier alpha value is -3.09. The number of halogens is 1. The molecule has 0 saturated carbocycles. The van der Waals surface area contributed by atoms with Gasteiger partial charge in [0.15, 0.2) is 5.96 Å². The van der Waals surface area contributed by atoms with Crippen molar-refractivity contribution in [1.29, 1.82) is 0 Å². The smallest absolute Gasteiger partial charge is 0.412 e. The number of carbonyl (C=O) groups excluding carboxylic acids is 1. The maximum absolute atomic E-state index is 12.9. The maximum Gasteiger partial charge on any atom is 0.412 e. The number of hydrogen-bond donors (Lipinski definition) is 3. The molecule has 2 aromatic rings. The first-order chi connectivity index (χ1) is 13.7. The molecule has 0 radical (unpaired) electrons. The van der Waals surface area contributed by atoms with Gasteiger partial charge < -0.3 is 15.4 Å². The molecule has 3 N–H and O–H groups in total. The third kappa shape index (κ3) is 8.64. The molecule has 0 bridgehead atoms. The van der Waals surface area contributed by atoms with E-state index < -0.39 is 11.7 Å². The van der Waals surface area contributed by atoms with Crippen LogP contribution in [0.3, 0.4) is 0 Å². The molecule has 0 fully saturated rings. The van der Waals surface area contributed by atoms with Crippen LogP contribution in [0.2, 0.25) is 0 Å². The number of nitrogens with zero attached hydrogens (tertiary/aromatic N) is 1. The van der Waals surface area contributed by atoms with Crippen molar-refractivity contribution in [2.75, 3.05) is 18.9 Å². The highest BCUT2D eigenvalue weighted by atomic mass is 19.1. The SMILES string of the molecule is CN=C(NCCc1ccc(NC(=O)OC(C)(C)C)cc1)NCc1ccc(F)cc1. The minimum atomic E-state index is -0.529. The lowest BCUT2D eigenvalue weighted by molar-refractivity contribution is 0.0636. The van der Waals surface area contributed by atoms with Gasteiger partial charge in [-0.2, -0.15) is 0 Å². The van der Waals surface area contributed by atoms with Crippen LogP contribution in [0.1, 0.15) is 31.9 Å². The van der Waals surface area contributed by atoms with Crippen molar-refractivity contribution >= 4 is 17.7 Å². The van der Waals surface area contributed by atoms with Crippen molar-refractivity contribution < 1.29 is 13.9 Å².